The predicted octanol–water partition coefficient (Wildman–Crippen LogP) is 7.24. The number of alkyl halides is 3. The topological polar surface area (TPSA) is 164 Å². The molecule has 0 bridgehead atoms. The SMILES string of the molecule is CCC1(OC(=O)CNC(=O)OC(C)(C)C)C(=O)OC([Si](C)(C)CCC(F)(F)F)c2c1cc1n(c2=O)Cc2cc3cc(NC(=O)OC(C)(C)C)ccc3nc2-1. The van der Waals surface area contributed by atoms with Crippen molar-refractivity contribution in [3.05, 3.63) is 57.4 Å². The summed E-state index contributed by atoms with van der Waals surface area (Å²) in [6.45, 7) is 14.2. The summed E-state index contributed by atoms with van der Waals surface area (Å²) in [5.74, 6) is -2.08. The van der Waals surface area contributed by atoms with E-state index in [9.17, 15) is 37.1 Å². The van der Waals surface area contributed by atoms with Gasteiger partial charge in [-0.05, 0) is 84.3 Å². The Morgan fingerprint density at radius 3 is 2.26 bits per heavy atom. The molecule has 2 atom stereocenters. The molecule has 54 heavy (non-hydrogen) atoms. The van der Waals surface area contributed by atoms with E-state index in [4.69, 9.17) is 23.9 Å². The van der Waals surface area contributed by atoms with Crippen LogP contribution in [0.5, 0.6) is 0 Å². The van der Waals surface area contributed by atoms with Gasteiger partial charge in [0.2, 0.25) is 5.60 Å². The van der Waals surface area contributed by atoms with Gasteiger partial charge in [-0.3, -0.25) is 14.9 Å². The molecule has 2 unspecified atom stereocenters. The second kappa shape index (κ2) is 14.0. The van der Waals surface area contributed by atoms with Crippen LogP contribution in [0.15, 0.2) is 35.1 Å². The van der Waals surface area contributed by atoms with Gasteiger partial charge in [0.1, 0.15) is 31.5 Å². The maximum atomic E-state index is 14.6. The lowest BCUT2D eigenvalue weighted by Gasteiger charge is -2.43. The van der Waals surface area contributed by atoms with E-state index in [2.05, 4.69) is 10.6 Å². The molecular weight excluding hydrogens is 730 g/mol. The van der Waals surface area contributed by atoms with Crippen LogP contribution in [0.3, 0.4) is 0 Å². The van der Waals surface area contributed by atoms with Crippen LogP contribution >= 0.6 is 0 Å². The second-order valence-electron chi connectivity index (χ2n) is 16.2. The van der Waals surface area contributed by atoms with E-state index in [1.54, 1.807) is 85.8 Å². The number of amides is 2. The fourth-order valence-electron chi connectivity index (χ4n) is 6.54. The molecule has 2 amide bonds. The molecular formula is C37H45F3N4O9Si. The first-order chi connectivity index (χ1) is 24.8. The third-order valence-corrected chi connectivity index (χ3v) is 12.4. The fourth-order valence-corrected chi connectivity index (χ4v) is 9.22. The number of benzene rings is 1. The number of carbonyl (C=O) groups excluding carboxylic acids is 4. The quantitative estimate of drug-likeness (QED) is 0.106. The maximum Gasteiger partial charge on any atom is 0.412 e. The molecule has 13 nitrogen and oxygen atoms in total. The van der Waals surface area contributed by atoms with Crippen LogP contribution in [0.4, 0.5) is 28.4 Å². The largest absolute Gasteiger partial charge is 0.458 e. The Balaban J connectivity index is 1.60. The fraction of sp³-hybridized carbons (Fsp3) is 0.514. The summed E-state index contributed by atoms with van der Waals surface area (Å²) < 4.78 is 64.0. The van der Waals surface area contributed by atoms with Crippen LogP contribution < -0.4 is 16.2 Å². The number of cyclic esters (lactones) is 1. The summed E-state index contributed by atoms with van der Waals surface area (Å²) in [5, 5.41) is 5.62. The van der Waals surface area contributed by atoms with E-state index in [0.29, 0.717) is 33.5 Å². The molecule has 0 radical (unpaired) electrons. The molecule has 0 fully saturated rings. The molecule has 292 valence electrons. The Labute approximate surface area is 310 Å². The number of rotatable bonds is 8. The third-order valence-electron chi connectivity index (χ3n) is 9.02. The van der Waals surface area contributed by atoms with E-state index in [1.807, 2.05) is 0 Å². The minimum Gasteiger partial charge on any atom is -0.458 e. The van der Waals surface area contributed by atoms with E-state index in [1.165, 1.54) is 10.6 Å². The zero-order valence-electron chi connectivity index (χ0n) is 31.7. The average molecular weight is 775 g/mol. The second-order valence-corrected chi connectivity index (χ2v) is 21.2. The number of carbonyl (C=O) groups is 4. The zero-order chi connectivity index (χ0) is 40.2. The number of nitrogens with zero attached hydrogens (tertiary/aromatic N) is 2. The van der Waals surface area contributed by atoms with Gasteiger partial charge in [-0.25, -0.2) is 19.4 Å². The Hall–Kier alpha value is -4.93. The lowest BCUT2D eigenvalue weighted by atomic mass is 9.85. The van der Waals surface area contributed by atoms with Gasteiger partial charge < -0.3 is 28.8 Å². The van der Waals surface area contributed by atoms with Crippen molar-refractivity contribution in [3.63, 3.8) is 0 Å². The van der Waals surface area contributed by atoms with E-state index < -0.39 is 79.4 Å². The Bertz CT molecular complexity index is 2090. The lowest BCUT2D eigenvalue weighted by Crippen LogP contribution is -2.54. The van der Waals surface area contributed by atoms with Gasteiger partial charge in [0, 0.05) is 28.6 Å². The first-order valence-corrected chi connectivity index (χ1v) is 20.8. The summed E-state index contributed by atoms with van der Waals surface area (Å²) >= 11 is 0. The average Bonchev–Trinajstić information content (AvgIpc) is 3.38. The van der Waals surface area contributed by atoms with Gasteiger partial charge in [-0.2, -0.15) is 13.2 Å². The predicted molar refractivity (Wildman–Crippen MR) is 194 cm³/mol. The number of esters is 2. The maximum absolute atomic E-state index is 14.6. The number of alkyl carbamates (subject to hydrolysis) is 1. The minimum absolute atomic E-state index is 0.00708. The number of aromatic nitrogens is 2. The lowest BCUT2D eigenvalue weighted by molar-refractivity contribution is -0.190. The molecule has 2 aliphatic rings. The molecule has 2 aliphatic heterocycles. The Morgan fingerprint density at radius 2 is 1.65 bits per heavy atom. The summed E-state index contributed by atoms with van der Waals surface area (Å²) in [6.07, 6.45) is -7.39. The molecule has 0 aliphatic carbocycles. The Morgan fingerprint density at radius 1 is 1.00 bits per heavy atom. The molecule has 1 aromatic carbocycles. The highest BCUT2D eigenvalue weighted by Gasteiger charge is 2.56. The monoisotopic (exact) mass is 774 g/mol. The van der Waals surface area contributed by atoms with E-state index in [0.717, 1.165) is 0 Å². The van der Waals surface area contributed by atoms with Crippen molar-refractivity contribution in [3.8, 4) is 11.4 Å². The normalized spacial score (nSPS) is 18.2. The number of ether oxygens (including phenoxy) is 4. The zero-order valence-corrected chi connectivity index (χ0v) is 32.7. The van der Waals surface area contributed by atoms with Crippen LogP contribution in [-0.2, 0) is 40.7 Å². The van der Waals surface area contributed by atoms with Crippen LogP contribution in [0.2, 0.25) is 19.1 Å². The van der Waals surface area contributed by atoms with Crippen LogP contribution in [0, 0.1) is 0 Å². The van der Waals surface area contributed by atoms with Crippen molar-refractivity contribution in [1.82, 2.24) is 14.9 Å². The highest BCUT2D eigenvalue weighted by Crippen LogP contribution is 2.48. The van der Waals surface area contributed by atoms with E-state index >= 15 is 0 Å². The molecule has 2 N–H and O–H groups in total. The highest BCUT2D eigenvalue weighted by molar-refractivity contribution is 6.78. The van der Waals surface area contributed by atoms with Gasteiger partial charge in [0.15, 0.2) is 0 Å². The number of pyridine rings is 2. The number of hydrogen-bond acceptors (Lipinski definition) is 10. The van der Waals surface area contributed by atoms with Crippen molar-refractivity contribution in [2.24, 2.45) is 0 Å². The smallest absolute Gasteiger partial charge is 0.412 e. The molecule has 17 heteroatoms. The van der Waals surface area contributed by atoms with Gasteiger partial charge in [0.25, 0.3) is 5.56 Å². The minimum atomic E-state index is -4.49. The number of anilines is 1. The van der Waals surface area contributed by atoms with Gasteiger partial charge in [0.05, 0.1) is 29.0 Å². The number of halogens is 3. The molecule has 5 rings (SSSR count). The summed E-state index contributed by atoms with van der Waals surface area (Å²) in [4.78, 5) is 71.5. The van der Waals surface area contributed by atoms with Crippen molar-refractivity contribution >= 4 is 48.8 Å². The first-order valence-electron chi connectivity index (χ1n) is 17.5. The van der Waals surface area contributed by atoms with Crippen LogP contribution in [0.25, 0.3) is 22.3 Å². The molecule has 0 saturated carbocycles. The molecule has 2 aromatic heterocycles. The molecule has 3 aromatic rings. The standard InChI is InChI=1S/C37H45F3N4O9Si/c1-10-36(51-26(45)18-41-32(48)52-34(2,3)4)23-17-25-28-21(15-20-16-22(11-12-24(20)43-28)42-33(49)53-35(5,6)7)19-44(25)29(46)27(23)30(50-31(36)47)54(8,9)14-13-37(38,39)40/h11-12,15-17,30H,10,13-14,18-19H2,1-9H3,(H,41,48)(H,42,49). The number of hydrogen-bond donors (Lipinski definition) is 2. The molecule has 0 saturated heterocycles. The van der Waals surface area contributed by atoms with Gasteiger partial charge in [-0.1, -0.05) is 20.0 Å². The highest BCUT2D eigenvalue weighted by atomic mass is 28.3. The van der Waals surface area contributed by atoms with Crippen molar-refractivity contribution in [2.75, 3.05) is 11.9 Å². The first kappa shape index (κ1) is 40.3. The molecule has 0 spiro atoms. The van der Waals surface area contributed by atoms with Gasteiger partial charge in [-0.15, -0.1) is 0 Å². The van der Waals surface area contributed by atoms with Crippen molar-refractivity contribution < 1.29 is 51.3 Å². The summed E-state index contributed by atoms with van der Waals surface area (Å²) in [7, 11) is -3.24. The number of nitrogens with one attached hydrogen (secondary N) is 2. The summed E-state index contributed by atoms with van der Waals surface area (Å²) in [5.41, 5.74) is -3.46. The van der Waals surface area contributed by atoms with Crippen molar-refractivity contribution in [1.29, 1.82) is 0 Å². The van der Waals surface area contributed by atoms with Gasteiger partial charge >= 0.3 is 30.3 Å². The summed E-state index contributed by atoms with van der Waals surface area (Å²) in [6, 6.07) is 8.01. The van der Waals surface area contributed by atoms with Crippen LogP contribution in [0.1, 0.15) is 83.7 Å². The Kier molecular flexibility index (Phi) is 10.5. The van der Waals surface area contributed by atoms with E-state index in [-0.39, 0.29) is 30.1 Å². The third kappa shape index (κ3) is 8.55. The van der Waals surface area contributed by atoms with Crippen LogP contribution in [-0.4, -0.2) is 65.7 Å². The number of fused-ring (bicyclic) bond motifs is 5. The molecule has 4 heterocycles. The van der Waals surface area contributed by atoms with Crippen molar-refractivity contribution in [2.45, 2.75) is 116 Å².